The fraction of sp³-hybridized carbons (Fsp3) is 0.930. The maximum atomic E-state index is 13.6. The Labute approximate surface area is 733 Å². The van der Waals surface area contributed by atoms with E-state index in [0.717, 1.165) is 71.1 Å². The molecule has 0 bridgehead atoms. The Balaban J connectivity index is 1.00. The lowest BCUT2D eigenvalue weighted by Crippen LogP contribution is -2.71. The minimum Gasteiger partial charge on any atom is -0.394 e. The molecule has 39 heteroatoms. The van der Waals surface area contributed by atoms with Crippen LogP contribution < -0.4 is 10.6 Å². The summed E-state index contributed by atoms with van der Waals surface area (Å²) in [5.74, 6) is -1.31. The molecule has 125 heavy (non-hydrogen) atoms. The zero-order valence-corrected chi connectivity index (χ0v) is 73.2. The van der Waals surface area contributed by atoms with E-state index in [4.69, 9.17) is 66.3 Å². The Kier molecular flexibility index (Phi) is 50.8. The van der Waals surface area contributed by atoms with Crippen molar-refractivity contribution in [1.82, 2.24) is 10.6 Å². The van der Waals surface area contributed by atoms with E-state index in [2.05, 4.69) is 36.6 Å². The van der Waals surface area contributed by atoms with Crippen molar-refractivity contribution in [3.8, 4) is 0 Å². The van der Waals surface area contributed by atoms with Crippen LogP contribution in [0.4, 0.5) is 0 Å². The number of nitrogens with one attached hydrogen (secondary N) is 2. The van der Waals surface area contributed by atoms with Crippen LogP contribution >= 0.6 is 0 Å². The van der Waals surface area contributed by atoms with E-state index in [9.17, 15) is 117 Å². The van der Waals surface area contributed by atoms with Crippen molar-refractivity contribution in [2.75, 3.05) is 46.2 Å². The second-order valence-electron chi connectivity index (χ2n) is 34.5. The highest BCUT2D eigenvalue weighted by Crippen LogP contribution is 2.40. The van der Waals surface area contributed by atoms with Crippen molar-refractivity contribution in [2.24, 2.45) is 0 Å². The van der Waals surface area contributed by atoms with Crippen molar-refractivity contribution in [2.45, 2.75) is 460 Å². The lowest BCUT2D eigenvalue weighted by molar-refractivity contribution is -0.405. The molecule has 0 aromatic heterocycles. The third-order valence-corrected chi connectivity index (χ3v) is 24.6. The smallest absolute Gasteiger partial charge is 0.220 e. The molecule has 23 N–H and O–H groups in total. The van der Waals surface area contributed by atoms with Gasteiger partial charge in [-0.2, -0.15) is 0 Å². The number of allylic oxidation sites excluding steroid dienone is 3. The topological polar surface area (TPSA) is 612 Å². The van der Waals surface area contributed by atoms with Gasteiger partial charge in [-0.05, 0) is 51.9 Å². The molecule has 7 rings (SSSR count). The molecule has 7 fully saturated rings. The van der Waals surface area contributed by atoms with Crippen LogP contribution in [0.3, 0.4) is 0 Å². The number of hydrogen-bond donors (Lipinski definition) is 23. The third-order valence-electron chi connectivity index (χ3n) is 24.6. The summed E-state index contributed by atoms with van der Waals surface area (Å²) >= 11 is 0. The number of carbonyl (C=O) groups excluding carboxylic acids is 2. The summed E-state index contributed by atoms with van der Waals surface area (Å²) in [6.45, 7) is -0.111. The van der Waals surface area contributed by atoms with Gasteiger partial charge < -0.3 is 184 Å². The number of carbonyl (C=O) groups is 2. The zero-order chi connectivity index (χ0) is 91.2. The minimum absolute atomic E-state index is 0.156. The first-order chi connectivity index (χ1) is 60.1. The van der Waals surface area contributed by atoms with E-state index in [1.165, 1.54) is 129 Å². The summed E-state index contributed by atoms with van der Waals surface area (Å²) in [6, 6.07) is -3.05. The summed E-state index contributed by atoms with van der Waals surface area (Å²) in [4.78, 5) is 27.0. The summed E-state index contributed by atoms with van der Waals surface area (Å²) in [6.07, 6.45) is -25.8. The Morgan fingerprint density at radius 3 is 1.13 bits per heavy atom. The molecule has 0 spiro atoms. The summed E-state index contributed by atoms with van der Waals surface area (Å²) < 4.78 is 83.6. The molecule has 0 aromatic carbocycles. The molecular formula is C86H154N2O37. The van der Waals surface area contributed by atoms with Gasteiger partial charge in [0.25, 0.3) is 0 Å². The van der Waals surface area contributed by atoms with Crippen LogP contribution in [-0.2, 0) is 75.9 Å². The fourth-order valence-electron chi connectivity index (χ4n) is 16.8. The van der Waals surface area contributed by atoms with Crippen molar-refractivity contribution < 1.29 is 183 Å². The molecule has 730 valence electrons. The van der Waals surface area contributed by atoms with Crippen LogP contribution in [0.15, 0.2) is 24.3 Å². The average molecular weight is 1810 g/mol. The van der Waals surface area contributed by atoms with Crippen molar-refractivity contribution >= 4 is 11.8 Å². The number of amides is 2. The van der Waals surface area contributed by atoms with Gasteiger partial charge in [-0.3, -0.25) is 9.59 Å². The van der Waals surface area contributed by atoms with Crippen LogP contribution in [0.25, 0.3) is 0 Å². The SMILES string of the molecule is CCCCCCCC/C=C\CCCCCCCCCCCCCC(=O)N[C@@H](CO[C@@H]1OC(CO)[C@@H](O[C@@H]2OC(CO)[C@H](O)[C@H](O[C@H]3OC(CO)[C@H](O)[C@H](O[C@@H]4OC(CO)[C@H](O)[C@H](O[C@@H]5OC(CO)[C@H](O)[C@H](O[C@H]6OC(CO)[C@H](O)[C@H](O)C6O)C5O[C@H]5OC(C)[C@@H](O)C(O)[C@@H]5O)C4NC(C)=O)C3O)C2O)[C@H](O)C1O)[C@H](O)/C=C/CCCCCCCCCCCCC. The van der Waals surface area contributed by atoms with Crippen molar-refractivity contribution in [3.63, 3.8) is 0 Å². The molecule has 7 aliphatic rings. The van der Waals surface area contributed by atoms with E-state index in [1.807, 2.05) is 6.08 Å². The van der Waals surface area contributed by atoms with Crippen LogP contribution in [0.2, 0.25) is 0 Å². The second-order valence-corrected chi connectivity index (χ2v) is 34.5. The number of unbranched alkanes of at least 4 members (excludes halogenated alkanes) is 28. The van der Waals surface area contributed by atoms with Gasteiger partial charge in [0, 0.05) is 13.3 Å². The van der Waals surface area contributed by atoms with Gasteiger partial charge in [0.2, 0.25) is 11.8 Å². The molecule has 0 radical (unpaired) electrons. The Hall–Kier alpha value is -2.98. The summed E-state index contributed by atoms with van der Waals surface area (Å²) in [5, 5.41) is 241. The van der Waals surface area contributed by atoms with Gasteiger partial charge in [0.15, 0.2) is 44.0 Å². The monoisotopic (exact) mass is 1810 g/mol. The van der Waals surface area contributed by atoms with Gasteiger partial charge in [-0.1, -0.05) is 192 Å². The predicted octanol–water partition coefficient (Wildman–Crippen LogP) is -1.60. The molecule has 14 unspecified atom stereocenters. The van der Waals surface area contributed by atoms with Gasteiger partial charge >= 0.3 is 0 Å². The highest BCUT2D eigenvalue weighted by Gasteiger charge is 2.60. The standard InChI is InChI=1S/C86H154N2O37/c1-5-7-9-11-13-15-17-19-20-21-22-23-24-25-26-28-30-32-34-36-38-40-58(97)88-50(51(96)39-37-35-33-31-29-27-18-16-14-12-10-8-6-2)47-112-81-71(109)68(106)74(57(46-94)119-81)120-84-73(111)77(64(102)55(44-92)116-84)123-85-72(110)76(63(101)54(43-91)117-85)122-80-59(87-49(4)95)75(62(100)53(42-90)114-80)121-86-79(125-82-69(107)66(104)60(98)48(3)113-82)78(65(103)56(45-93)118-86)124-83-70(108)67(105)61(99)52(41-89)115-83/h19-20,37,39,48,50-57,59-86,89-94,96,98-111H,5-18,21-36,38,40-47H2,1-4H3,(H,87,95)(H,88,97)/b20-19-,39-37+/t48?,50-,51+,52?,53?,54?,55?,56?,57?,59?,60+,61-,62-,63-,64-,65-,66?,67-,68+,69-,70?,71?,72?,73?,74+,75+,76-,77-,78-,79?,80-,81+,82+,83+,84-,85+,86-/m0/s1. The predicted molar refractivity (Wildman–Crippen MR) is 441 cm³/mol. The highest BCUT2D eigenvalue weighted by atomic mass is 16.8. The van der Waals surface area contributed by atoms with Gasteiger partial charge in [0.05, 0.1) is 64.5 Å². The van der Waals surface area contributed by atoms with Gasteiger partial charge in [-0.15, -0.1) is 0 Å². The molecule has 0 aromatic rings. The zero-order valence-electron chi connectivity index (χ0n) is 73.2. The Morgan fingerprint density at radius 2 is 0.664 bits per heavy atom. The first kappa shape index (κ1) is 109. The first-order valence-electron chi connectivity index (χ1n) is 46.0. The second kappa shape index (κ2) is 58.2. The normalized spacial score (nSPS) is 38.4. The van der Waals surface area contributed by atoms with E-state index in [-0.39, 0.29) is 12.3 Å². The Morgan fingerprint density at radius 1 is 0.328 bits per heavy atom. The van der Waals surface area contributed by atoms with Crippen LogP contribution in [0.5, 0.6) is 0 Å². The number of hydrogen-bond acceptors (Lipinski definition) is 37. The minimum atomic E-state index is -2.37. The number of aliphatic hydroxyl groups excluding tert-OH is 21. The molecular weight excluding hydrogens is 1650 g/mol. The largest absolute Gasteiger partial charge is 0.394 e. The van der Waals surface area contributed by atoms with Crippen molar-refractivity contribution in [3.05, 3.63) is 24.3 Å². The molecule has 2 amide bonds. The van der Waals surface area contributed by atoms with Gasteiger partial charge in [-0.25, -0.2) is 0 Å². The molecule has 0 saturated carbocycles. The number of aliphatic hydroxyl groups is 21. The first-order valence-corrected chi connectivity index (χ1v) is 46.0. The summed E-state index contributed by atoms with van der Waals surface area (Å²) in [7, 11) is 0. The molecule has 7 aliphatic heterocycles. The fourth-order valence-corrected chi connectivity index (χ4v) is 16.8. The summed E-state index contributed by atoms with van der Waals surface area (Å²) in [5.41, 5.74) is 0. The quantitative estimate of drug-likeness (QED) is 0.0241. The van der Waals surface area contributed by atoms with E-state index in [1.54, 1.807) is 6.08 Å². The van der Waals surface area contributed by atoms with E-state index in [0.29, 0.717) is 12.8 Å². The number of ether oxygens (including phenoxy) is 14. The molecule has 39 nitrogen and oxygen atoms in total. The number of rotatable bonds is 58. The van der Waals surface area contributed by atoms with Crippen molar-refractivity contribution in [1.29, 1.82) is 0 Å². The molecule has 7 saturated heterocycles. The maximum Gasteiger partial charge on any atom is 0.220 e. The maximum absolute atomic E-state index is 13.6. The Bertz CT molecular complexity index is 2940. The van der Waals surface area contributed by atoms with Crippen LogP contribution in [0.1, 0.15) is 233 Å². The highest BCUT2D eigenvalue weighted by molar-refractivity contribution is 5.76. The lowest BCUT2D eigenvalue weighted by atomic mass is 9.93. The van der Waals surface area contributed by atoms with E-state index >= 15 is 0 Å². The van der Waals surface area contributed by atoms with Gasteiger partial charge in [0.1, 0.15) is 165 Å². The molecule has 7 heterocycles. The van der Waals surface area contributed by atoms with E-state index < -0.39 is 279 Å². The molecule has 0 aliphatic carbocycles. The lowest BCUT2D eigenvalue weighted by Gasteiger charge is -2.51. The average Bonchev–Trinajstić information content (AvgIpc) is 0.760. The third kappa shape index (κ3) is 33.0. The van der Waals surface area contributed by atoms with Crippen LogP contribution in [0, 0.1) is 0 Å². The van der Waals surface area contributed by atoms with Crippen LogP contribution in [-0.4, -0.2) is 392 Å². The molecule has 37 atom stereocenters.